The summed E-state index contributed by atoms with van der Waals surface area (Å²) in [6.45, 7) is 1.74. The predicted octanol–water partition coefficient (Wildman–Crippen LogP) is 3.61. The molecule has 31 heavy (non-hydrogen) atoms. The third-order valence-electron chi connectivity index (χ3n) is 5.66. The maximum Gasteiger partial charge on any atom is 0.275 e. The molecule has 4 heterocycles. The highest BCUT2D eigenvalue weighted by atomic mass is 19.1. The van der Waals surface area contributed by atoms with Gasteiger partial charge < -0.3 is 9.38 Å². The van der Waals surface area contributed by atoms with E-state index >= 15 is 4.39 Å². The number of rotatable bonds is 3. The fourth-order valence-corrected chi connectivity index (χ4v) is 4.03. The molecule has 3 aromatic heterocycles. The molecule has 4 aromatic rings. The maximum atomic E-state index is 15.2. The van der Waals surface area contributed by atoms with E-state index in [9.17, 15) is 9.18 Å². The third-order valence-corrected chi connectivity index (χ3v) is 5.66. The zero-order valence-corrected chi connectivity index (χ0v) is 16.4. The lowest BCUT2D eigenvalue weighted by atomic mass is 10.0. The molecule has 0 saturated carbocycles. The van der Waals surface area contributed by atoms with Crippen LogP contribution in [0.1, 0.15) is 23.2 Å². The van der Waals surface area contributed by atoms with Crippen molar-refractivity contribution >= 4 is 22.1 Å². The summed E-state index contributed by atoms with van der Waals surface area (Å²) >= 11 is 0. The molecule has 154 valence electrons. The Morgan fingerprint density at radius 3 is 2.77 bits per heavy atom. The Bertz CT molecular complexity index is 1440. The van der Waals surface area contributed by atoms with Crippen molar-refractivity contribution < 1.29 is 8.78 Å². The minimum atomic E-state index is -0.661. The topological polar surface area (TPSA) is 77.2 Å². The van der Waals surface area contributed by atoms with E-state index in [0.29, 0.717) is 29.7 Å². The molecule has 0 radical (unpaired) electrons. The number of aromatic nitrogens is 3. The lowest BCUT2D eigenvalue weighted by Crippen LogP contribution is -2.28. The molecule has 0 unspecified atom stereocenters. The first-order valence-electron chi connectivity index (χ1n) is 9.83. The highest BCUT2D eigenvalue weighted by Gasteiger charge is 2.19. The Hall–Kier alpha value is -3.83. The van der Waals surface area contributed by atoms with Crippen LogP contribution in [0.4, 0.5) is 8.78 Å². The molecular formula is C23H17F2N5O. The Labute approximate surface area is 175 Å². The first kappa shape index (κ1) is 19.2. The number of nitriles is 1. The van der Waals surface area contributed by atoms with E-state index in [2.05, 4.69) is 27.0 Å². The van der Waals surface area contributed by atoms with Gasteiger partial charge in [0.1, 0.15) is 17.1 Å². The monoisotopic (exact) mass is 417 g/mol. The molecule has 1 aliphatic heterocycles. The first-order valence-corrected chi connectivity index (χ1v) is 9.83. The number of fused-ring (bicyclic) bond motifs is 3. The third kappa shape index (κ3) is 3.29. The van der Waals surface area contributed by atoms with E-state index in [0.717, 1.165) is 24.2 Å². The van der Waals surface area contributed by atoms with Crippen molar-refractivity contribution in [3.05, 3.63) is 87.6 Å². The summed E-state index contributed by atoms with van der Waals surface area (Å²) < 4.78 is 30.4. The van der Waals surface area contributed by atoms with Crippen molar-refractivity contribution in [2.75, 3.05) is 13.1 Å². The van der Waals surface area contributed by atoms with Crippen LogP contribution in [-0.4, -0.2) is 32.4 Å². The van der Waals surface area contributed by atoms with Gasteiger partial charge in [0.25, 0.3) is 5.56 Å². The standard InChI is InChI=1S/C23H17F2N5O/c24-17-7-10-30-19-4-2-16(20(25)21(19)28-23(31)22(17)30)13-29-8-5-15(6-9-29)18-3-1-14(11-26)12-27-18/h1-5,7,10,12H,6,8-9,13H2,(H,28,31). The van der Waals surface area contributed by atoms with Crippen LogP contribution >= 0.6 is 0 Å². The van der Waals surface area contributed by atoms with Crippen molar-refractivity contribution in [1.29, 1.82) is 5.26 Å². The molecule has 0 aliphatic carbocycles. The van der Waals surface area contributed by atoms with Gasteiger partial charge in [-0.3, -0.25) is 14.7 Å². The molecule has 5 rings (SSSR count). The summed E-state index contributed by atoms with van der Waals surface area (Å²) in [7, 11) is 0. The Kier molecular flexibility index (Phi) is 4.60. The van der Waals surface area contributed by atoms with Crippen LogP contribution in [0, 0.1) is 23.0 Å². The molecule has 1 aliphatic rings. The largest absolute Gasteiger partial charge is 0.316 e. The second-order valence-corrected chi connectivity index (χ2v) is 7.53. The highest BCUT2D eigenvalue weighted by molar-refractivity contribution is 5.79. The molecule has 1 aromatic carbocycles. The maximum absolute atomic E-state index is 15.2. The number of hydrogen-bond donors (Lipinski definition) is 1. The van der Waals surface area contributed by atoms with Crippen LogP contribution in [-0.2, 0) is 6.54 Å². The molecule has 0 amide bonds. The van der Waals surface area contributed by atoms with E-state index in [1.165, 1.54) is 16.7 Å². The van der Waals surface area contributed by atoms with Crippen LogP contribution < -0.4 is 5.56 Å². The molecular weight excluding hydrogens is 400 g/mol. The molecule has 8 heteroatoms. The molecule has 6 nitrogen and oxygen atoms in total. The van der Waals surface area contributed by atoms with Gasteiger partial charge in [-0.1, -0.05) is 12.1 Å². The molecule has 0 fully saturated rings. The van der Waals surface area contributed by atoms with Gasteiger partial charge in [0, 0.05) is 37.6 Å². The lowest BCUT2D eigenvalue weighted by Gasteiger charge is -2.26. The molecule has 1 N–H and O–H groups in total. The van der Waals surface area contributed by atoms with Crippen LogP contribution in [0.2, 0.25) is 0 Å². The zero-order chi connectivity index (χ0) is 21.5. The lowest BCUT2D eigenvalue weighted by molar-refractivity contribution is 0.289. The Morgan fingerprint density at radius 1 is 1.19 bits per heavy atom. The van der Waals surface area contributed by atoms with Crippen LogP contribution in [0.25, 0.3) is 22.1 Å². The first-order chi connectivity index (χ1) is 15.0. The summed E-state index contributed by atoms with van der Waals surface area (Å²) in [6, 6.07) is 10.2. The minimum absolute atomic E-state index is 0.0700. The number of pyridine rings is 1. The van der Waals surface area contributed by atoms with E-state index in [1.54, 1.807) is 24.4 Å². The van der Waals surface area contributed by atoms with Gasteiger partial charge in [-0.05, 0) is 36.3 Å². The van der Waals surface area contributed by atoms with Gasteiger partial charge in [-0.15, -0.1) is 0 Å². The fraction of sp³-hybridized carbons (Fsp3) is 0.174. The summed E-state index contributed by atoms with van der Waals surface area (Å²) in [5, 5.41) is 8.89. The summed E-state index contributed by atoms with van der Waals surface area (Å²) in [5.41, 5.74) is 2.62. The van der Waals surface area contributed by atoms with E-state index in [1.807, 2.05) is 6.07 Å². The van der Waals surface area contributed by atoms with Crippen LogP contribution in [0.5, 0.6) is 0 Å². The van der Waals surface area contributed by atoms with Crippen molar-refractivity contribution in [3.63, 3.8) is 0 Å². The van der Waals surface area contributed by atoms with Crippen LogP contribution in [0.15, 0.2) is 53.6 Å². The summed E-state index contributed by atoms with van der Waals surface area (Å²) in [6.07, 6.45) is 5.80. The molecule has 0 spiro atoms. The number of H-pyrrole nitrogens is 1. The average molecular weight is 417 g/mol. The van der Waals surface area contributed by atoms with Crippen molar-refractivity contribution in [1.82, 2.24) is 19.3 Å². The number of hydrogen-bond acceptors (Lipinski definition) is 4. The van der Waals surface area contributed by atoms with Gasteiger partial charge in [-0.25, -0.2) is 8.78 Å². The number of nitrogens with one attached hydrogen (secondary N) is 1. The van der Waals surface area contributed by atoms with E-state index in [4.69, 9.17) is 5.26 Å². The van der Waals surface area contributed by atoms with Gasteiger partial charge >= 0.3 is 0 Å². The minimum Gasteiger partial charge on any atom is -0.316 e. The van der Waals surface area contributed by atoms with Gasteiger partial charge in [0.2, 0.25) is 0 Å². The SMILES string of the molecule is N#Cc1ccc(C2=CCN(Cc3ccc4c([nH]c(=O)c5c(F)ccn54)c3F)CC2)nc1. The second-order valence-electron chi connectivity index (χ2n) is 7.53. The van der Waals surface area contributed by atoms with Crippen molar-refractivity contribution in [3.8, 4) is 6.07 Å². The predicted molar refractivity (Wildman–Crippen MR) is 112 cm³/mol. The highest BCUT2D eigenvalue weighted by Crippen LogP contribution is 2.25. The molecule has 0 bridgehead atoms. The number of halogens is 2. The smallest absolute Gasteiger partial charge is 0.275 e. The summed E-state index contributed by atoms with van der Waals surface area (Å²) in [4.78, 5) is 21.1. The van der Waals surface area contributed by atoms with Gasteiger partial charge in [-0.2, -0.15) is 5.26 Å². The summed E-state index contributed by atoms with van der Waals surface area (Å²) in [5.74, 6) is -1.14. The van der Waals surface area contributed by atoms with Gasteiger partial charge in [0.05, 0.1) is 16.8 Å². The molecule has 0 atom stereocenters. The Balaban J connectivity index is 1.40. The Morgan fingerprint density at radius 2 is 2.06 bits per heavy atom. The normalized spacial score (nSPS) is 14.7. The molecule has 0 saturated heterocycles. The number of aromatic amines is 1. The van der Waals surface area contributed by atoms with Crippen LogP contribution in [0.3, 0.4) is 0 Å². The fourth-order valence-electron chi connectivity index (χ4n) is 4.03. The average Bonchev–Trinajstić information content (AvgIpc) is 3.19. The van der Waals surface area contributed by atoms with Crippen molar-refractivity contribution in [2.45, 2.75) is 13.0 Å². The van der Waals surface area contributed by atoms with Gasteiger partial charge in [0.15, 0.2) is 11.6 Å². The quantitative estimate of drug-likeness (QED) is 0.552. The van der Waals surface area contributed by atoms with E-state index < -0.39 is 17.2 Å². The van der Waals surface area contributed by atoms with Crippen molar-refractivity contribution in [2.24, 2.45) is 0 Å². The number of benzene rings is 1. The zero-order valence-electron chi connectivity index (χ0n) is 16.4. The number of nitrogens with zero attached hydrogens (tertiary/aromatic N) is 4. The van der Waals surface area contributed by atoms with E-state index in [-0.39, 0.29) is 11.0 Å². The second kappa shape index (κ2) is 7.45.